The number of nitrogens with zero attached hydrogens (tertiary/aromatic N) is 5. The third-order valence-corrected chi connectivity index (χ3v) is 5.20. The van der Waals surface area contributed by atoms with Gasteiger partial charge in [-0.05, 0) is 43.5 Å². The molecule has 1 saturated heterocycles. The normalized spacial score (nSPS) is 15.0. The van der Waals surface area contributed by atoms with Crippen molar-refractivity contribution >= 4 is 17.2 Å². The number of aromatic nitrogens is 4. The number of benzene rings is 1. The first-order valence-corrected chi connectivity index (χ1v) is 9.47. The topological polar surface area (TPSA) is 84.7 Å². The van der Waals surface area contributed by atoms with E-state index in [4.69, 9.17) is 4.74 Å². The number of carbonyl (C=O) groups is 1. The number of hydrogen-bond acceptors (Lipinski definition) is 6. The van der Waals surface area contributed by atoms with Crippen LogP contribution in [-0.4, -0.2) is 45.9 Å². The molecule has 0 unspecified atom stereocenters. The lowest BCUT2D eigenvalue weighted by molar-refractivity contribution is -0.125. The molecule has 146 valence electrons. The lowest BCUT2D eigenvalue weighted by Crippen LogP contribution is -2.40. The molecule has 8 nitrogen and oxygen atoms in total. The number of carbonyl (C=O) groups excluding carboxylic acids is 1. The Kier molecular flexibility index (Phi) is 5.10. The molecule has 1 aliphatic heterocycles. The predicted molar refractivity (Wildman–Crippen MR) is 105 cm³/mol. The van der Waals surface area contributed by atoms with E-state index in [2.05, 4.69) is 25.5 Å². The Morgan fingerprint density at radius 2 is 2.00 bits per heavy atom. The van der Waals surface area contributed by atoms with Crippen LogP contribution in [0.1, 0.15) is 24.1 Å². The number of anilines is 1. The van der Waals surface area contributed by atoms with Gasteiger partial charge in [-0.3, -0.25) is 4.79 Å². The molecular formula is C20H24N6O2. The van der Waals surface area contributed by atoms with Gasteiger partial charge in [-0.2, -0.15) is 9.61 Å². The zero-order chi connectivity index (χ0) is 19.5. The summed E-state index contributed by atoms with van der Waals surface area (Å²) in [5, 5.41) is 15.6. The van der Waals surface area contributed by atoms with Gasteiger partial charge < -0.3 is 15.0 Å². The van der Waals surface area contributed by atoms with Gasteiger partial charge in [0.2, 0.25) is 11.6 Å². The molecule has 1 N–H and O–H groups in total. The summed E-state index contributed by atoms with van der Waals surface area (Å²) in [5.41, 5.74) is 3.77. The van der Waals surface area contributed by atoms with E-state index in [9.17, 15) is 4.79 Å². The van der Waals surface area contributed by atoms with Crippen molar-refractivity contribution in [3.05, 3.63) is 47.9 Å². The van der Waals surface area contributed by atoms with Crippen LogP contribution in [0.3, 0.4) is 0 Å². The number of piperidine rings is 1. The first-order valence-electron chi connectivity index (χ1n) is 9.47. The Morgan fingerprint density at radius 3 is 2.71 bits per heavy atom. The van der Waals surface area contributed by atoms with Crippen LogP contribution in [0.5, 0.6) is 5.75 Å². The number of nitrogens with one attached hydrogen (secondary N) is 1. The van der Waals surface area contributed by atoms with E-state index in [1.807, 2.05) is 37.3 Å². The van der Waals surface area contributed by atoms with Crippen molar-refractivity contribution in [3.63, 3.8) is 0 Å². The second-order valence-corrected chi connectivity index (χ2v) is 7.10. The van der Waals surface area contributed by atoms with Gasteiger partial charge in [-0.1, -0.05) is 12.1 Å². The lowest BCUT2D eigenvalue weighted by Gasteiger charge is -2.33. The predicted octanol–water partition coefficient (Wildman–Crippen LogP) is 1.97. The fraction of sp³-hybridized carbons (Fsp3) is 0.400. The van der Waals surface area contributed by atoms with E-state index in [1.165, 1.54) is 0 Å². The maximum absolute atomic E-state index is 12.6. The molecule has 0 saturated carbocycles. The van der Waals surface area contributed by atoms with Crippen LogP contribution in [0.25, 0.3) is 5.65 Å². The first kappa shape index (κ1) is 18.2. The van der Waals surface area contributed by atoms with Crippen LogP contribution in [0, 0.1) is 12.8 Å². The molecule has 28 heavy (non-hydrogen) atoms. The molecule has 1 amide bonds. The minimum absolute atomic E-state index is 0.0336. The zero-order valence-corrected chi connectivity index (χ0v) is 16.1. The van der Waals surface area contributed by atoms with Crippen molar-refractivity contribution in [2.24, 2.45) is 5.92 Å². The Hall–Kier alpha value is -3.16. The van der Waals surface area contributed by atoms with Gasteiger partial charge in [0, 0.05) is 25.6 Å². The number of amides is 1. The van der Waals surface area contributed by atoms with Crippen LogP contribution < -0.4 is 15.0 Å². The van der Waals surface area contributed by atoms with Crippen molar-refractivity contribution in [3.8, 4) is 5.75 Å². The molecule has 0 atom stereocenters. The van der Waals surface area contributed by atoms with E-state index in [-0.39, 0.29) is 11.8 Å². The Bertz CT molecular complexity index is 960. The summed E-state index contributed by atoms with van der Waals surface area (Å²) in [6, 6.07) is 9.78. The number of ether oxygens (including phenoxy) is 1. The number of hydrogen-bond donors (Lipinski definition) is 1. The molecule has 3 aromatic rings. The van der Waals surface area contributed by atoms with Gasteiger partial charge in [-0.25, -0.2) is 0 Å². The fourth-order valence-corrected chi connectivity index (χ4v) is 3.63. The third-order valence-electron chi connectivity index (χ3n) is 5.20. The largest absolute Gasteiger partial charge is 0.497 e. The average molecular weight is 380 g/mol. The highest BCUT2D eigenvalue weighted by Crippen LogP contribution is 2.26. The lowest BCUT2D eigenvalue weighted by atomic mass is 9.95. The van der Waals surface area contributed by atoms with Crippen LogP contribution in [0.15, 0.2) is 36.7 Å². The van der Waals surface area contributed by atoms with Crippen LogP contribution in [0.4, 0.5) is 5.69 Å². The Labute approximate surface area is 163 Å². The summed E-state index contributed by atoms with van der Waals surface area (Å²) in [7, 11) is 1.64. The van der Waals surface area contributed by atoms with Crippen molar-refractivity contribution in [1.82, 2.24) is 25.1 Å². The van der Waals surface area contributed by atoms with Gasteiger partial charge in [0.25, 0.3) is 0 Å². The monoisotopic (exact) mass is 380 g/mol. The van der Waals surface area contributed by atoms with E-state index in [0.717, 1.165) is 54.3 Å². The van der Waals surface area contributed by atoms with E-state index in [1.54, 1.807) is 18.0 Å². The summed E-state index contributed by atoms with van der Waals surface area (Å²) in [5.74, 6) is 0.968. The zero-order valence-electron chi connectivity index (χ0n) is 16.1. The van der Waals surface area contributed by atoms with Crippen molar-refractivity contribution in [2.45, 2.75) is 26.3 Å². The van der Waals surface area contributed by atoms with E-state index >= 15 is 0 Å². The minimum Gasteiger partial charge on any atom is -0.497 e. The molecule has 0 radical (unpaired) electrons. The highest BCUT2D eigenvalue weighted by Gasteiger charge is 2.26. The first-order chi connectivity index (χ1) is 13.6. The van der Waals surface area contributed by atoms with Crippen LogP contribution >= 0.6 is 0 Å². The molecule has 3 heterocycles. The number of rotatable bonds is 5. The third kappa shape index (κ3) is 3.76. The summed E-state index contributed by atoms with van der Waals surface area (Å²) in [6.07, 6.45) is 3.25. The van der Waals surface area contributed by atoms with Gasteiger partial charge in [0.1, 0.15) is 12.1 Å². The van der Waals surface area contributed by atoms with Crippen molar-refractivity contribution in [1.29, 1.82) is 0 Å². The molecular weight excluding hydrogens is 356 g/mol. The standard InChI is InChI=1S/C20H24N6O2/c1-14-11-18(19-23-22-13-26(19)24-14)25-9-7-16(8-10-25)20(27)21-12-15-3-5-17(28-2)6-4-15/h3-6,11,13,16H,7-10,12H2,1-2H3,(H,21,27). The van der Waals surface area contributed by atoms with E-state index < -0.39 is 0 Å². The number of fused-ring (bicyclic) bond motifs is 1. The molecule has 0 spiro atoms. The SMILES string of the molecule is COc1ccc(CNC(=O)C2CCN(c3cc(C)nn4cnnc34)CC2)cc1. The smallest absolute Gasteiger partial charge is 0.223 e. The average Bonchev–Trinajstić information content (AvgIpc) is 3.20. The maximum atomic E-state index is 12.6. The van der Waals surface area contributed by atoms with Crippen LogP contribution in [-0.2, 0) is 11.3 Å². The van der Waals surface area contributed by atoms with Gasteiger partial charge in [0.15, 0.2) is 0 Å². The molecule has 0 aliphatic carbocycles. The van der Waals surface area contributed by atoms with E-state index in [0.29, 0.717) is 6.54 Å². The fourth-order valence-electron chi connectivity index (χ4n) is 3.63. The summed E-state index contributed by atoms with van der Waals surface area (Å²) in [4.78, 5) is 14.8. The van der Waals surface area contributed by atoms with Gasteiger partial charge in [0.05, 0.1) is 18.5 Å². The maximum Gasteiger partial charge on any atom is 0.223 e. The Morgan fingerprint density at radius 1 is 1.25 bits per heavy atom. The summed E-state index contributed by atoms with van der Waals surface area (Å²) < 4.78 is 6.87. The Balaban J connectivity index is 1.34. The molecule has 8 heteroatoms. The highest BCUT2D eigenvalue weighted by atomic mass is 16.5. The minimum atomic E-state index is 0.0336. The number of methoxy groups -OCH3 is 1. The van der Waals surface area contributed by atoms with Crippen molar-refractivity contribution < 1.29 is 9.53 Å². The highest BCUT2D eigenvalue weighted by molar-refractivity contribution is 5.79. The number of aryl methyl sites for hydroxylation is 1. The molecule has 1 fully saturated rings. The molecule has 2 aromatic heterocycles. The molecule has 4 rings (SSSR count). The van der Waals surface area contributed by atoms with Gasteiger partial charge >= 0.3 is 0 Å². The van der Waals surface area contributed by atoms with Gasteiger partial charge in [-0.15, -0.1) is 10.2 Å². The quantitative estimate of drug-likeness (QED) is 0.729. The van der Waals surface area contributed by atoms with Crippen molar-refractivity contribution in [2.75, 3.05) is 25.1 Å². The summed E-state index contributed by atoms with van der Waals surface area (Å²) >= 11 is 0. The molecule has 0 bridgehead atoms. The summed E-state index contributed by atoms with van der Waals surface area (Å²) in [6.45, 7) is 4.12. The second kappa shape index (κ2) is 7.84. The second-order valence-electron chi connectivity index (χ2n) is 7.10. The molecule has 1 aliphatic rings. The molecule has 1 aromatic carbocycles. The van der Waals surface area contributed by atoms with Crippen LogP contribution in [0.2, 0.25) is 0 Å².